The molecule has 3 N–H and O–H groups in total. The van der Waals surface area contributed by atoms with E-state index in [1.54, 1.807) is 7.11 Å². The van der Waals surface area contributed by atoms with E-state index in [2.05, 4.69) is 22.7 Å². The maximum atomic E-state index is 5.36. The number of nitrogens with one attached hydrogen (secondary N) is 1. The van der Waals surface area contributed by atoms with Gasteiger partial charge >= 0.3 is 0 Å². The van der Waals surface area contributed by atoms with E-state index in [1.165, 1.54) is 6.21 Å². The van der Waals surface area contributed by atoms with Crippen LogP contribution in [0.1, 0.15) is 0 Å². The van der Waals surface area contributed by atoms with Crippen molar-refractivity contribution >= 4 is 23.5 Å². The van der Waals surface area contributed by atoms with Crippen molar-refractivity contribution < 1.29 is 9.47 Å². The molecule has 0 aliphatic heterocycles. The molecule has 16 heavy (non-hydrogen) atoms. The van der Waals surface area contributed by atoms with Crippen molar-refractivity contribution in [2.45, 2.75) is 0 Å². The minimum Gasteiger partial charge on any atom is -0.497 e. The Bertz CT molecular complexity index is 365. The zero-order chi connectivity index (χ0) is 11.8. The van der Waals surface area contributed by atoms with Crippen LogP contribution in [0.4, 0.5) is 0 Å². The number of thiocarbonyl (C=S) groups is 1. The molecule has 86 valence electrons. The average molecular weight is 239 g/mol. The third-order valence-corrected chi connectivity index (χ3v) is 1.74. The maximum Gasteiger partial charge on any atom is 0.184 e. The Morgan fingerprint density at radius 3 is 2.62 bits per heavy atom. The van der Waals surface area contributed by atoms with Crippen molar-refractivity contribution in [2.75, 3.05) is 13.7 Å². The van der Waals surface area contributed by atoms with Crippen LogP contribution in [0.5, 0.6) is 11.5 Å². The Balaban J connectivity index is 2.31. The van der Waals surface area contributed by atoms with Crippen molar-refractivity contribution in [3.8, 4) is 11.5 Å². The molecule has 0 aliphatic rings. The third kappa shape index (κ3) is 4.61. The van der Waals surface area contributed by atoms with Crippen LogP contribution in [0, 0.1) is 0 Å². The van der Waals surface area contributed by atoms with Crippen molar-refractivity contribution in [3.63, 3.8) is 0 Å². The quantitative estimate of drug-likeness (QED) is 0.454. The number of nitrogens with zero attached hydrogens (tertiary/aromatic N) is 1. The average Bonchev–Trinajstić information content (AvgIpc) is 2.29. The Kier molecular flexibility index (Phi) is 5.07. The van der Waals surface area contributed by atoms with Crippen molar-refractivity contribution in [1.29, 1.82) is 0 Å². The van der Waals surface area contributed by atoms with E-state index in [0.29, 0.717) is 6.61 Å². The third-order valence-electron chi connectivity index (χ3n) is 1.65. The summed E-state index contributed by atoms with van der Waals surface area (Å²) in [6, 6.07) is 7.26. The van der Waals surface area contributed by atoms with Crippen LogP contribution in [0.15, 0.2) is 29.4 Å². The summed E-state index contributed by atoms with van der Waals surface area (Å²) in [5.74, 6) is 1.53. The highest BCUT2D eigenvalue weighted by atomic mass is 32.1. The van der Waals surface area contributed by atoms with Crippen LogP contribution in [0.3, 0.4) is 0 Å². The summed E-state index contributed by atoms with van der Waals surface area (Å²) in [5.41, 5.74) is 7.60. The highest BCUT2D eigenvalue weighted by molar-refractivity contribution is 7.80. The first-order valence-corrected chi connectivity index (χ1v) is 4.97. The van der Waals surface area contributed by atoms with Gasteiger partial charge in [0, 0.05) is 0 Å². The molecule has 0 aliphatic carbocycles. The SMILES string of the molecule is COc1ccc(OC/C=N\NC(N)=S)cc1. The molecule has 0 radical (unpaired) electrons. The molecule has 1 aromatic carbocycles. The van der Waals surface area contributed by atoms with Crippen LogP contribution in [0.2, 0.25) is 0 Å². The fourth-order valence-electron chi connectivity index (χ4n) is 0.952. The summed E-state index contributed by atoms with van der Waals surface area (Å²) in [6.07, 6.45) is 1.53. The van der Waals surface area contributed by atoms with Gasteiger partial charge in [-0.1, -0.05) is 0 Å². The van der Waals surface area contributed by atoms with E-state index in [9.17, 15) is 0 Å². The van der Waals surface area contributed by atoms with Crippen molar-refractivity contribution in [3.05, 3.63) is 24.3 Å². The lowest BCUT2D eigenvalue weighted by molar-refractivity contribution is 0.377. The van der Waals surface area contributed by atoms with Gasteiger partial charge < -0.3 is 15.2 Å². The fraction of sp³-hybridized carbons (Fsp3) is 0.200. The van der Waals surface area contributed by atoms with E-state index in [1.807, 2.05) is 24.3 Å². The van der Waals surface area contributed by atoms with Crippen molar-refractivity contribution in [1.82, 2.24) is 5.43 Å². The second-order valence-electron chi connectivity index (χ2n) is 2.77. The van der Waals surface area contributed by atoms with E-state index < -0.39 is 0 Å². The molecule has 0 saturated carbocycles. The number of hydrogen-bond donors (Lipinski definition) is 2. The lowest BCUT2D eigenvalue weighted by atomic mass is 10.3. The number of hydrogen-bond acceptors (Lipinski definition) is 4. The van der Waals surface area contributed by atoms with E-state index in [0.717, 1.165) is 11.5 Å². The van der Waals surface area contributed by atoms with Crippen LogP contribution in [-0.2, 0) is 0 Å². The molecule has 5 nitrogen and oxygen atoms in total. The zero-order valence-electron chi connectivity index (χ0n) is 8.84. The number of nitrogens with two attached hydrogens (primary N) is 1. The highest BCUT2D eigenvalue weighted by Gasteiger charge is 1.93. The number of rotatable bonds is 5. The fourth-order valence-corrected chi connectivity index (χ4v) is 1.00. The second kappa shape index (κ2) is 6.62. The Hall–Kier alpha value is -1.82. The second-order valence-corrected chi connectivity index (χ2v) is 3.21. The van der Waals surface area contributed by atoms with Gasteiger partial charge in [0.1, 0.15) is 18.1 Å². The molecular weight excluding hydrogens is 226 g/mol. The number of ether oxygens (including phenoxy) is 2. The smallest absolute Gasteiger partial charge is 0.184 e. The lowest BCUT2D eigenvalue weighted by Gasteiger charge is -2.03. The van der Waals surface area contributed by atoms with E-state index in [4.69, 9.17) is 15.2 Å². The number of methoxy groups -OCH3 is 1. The molecule has 0 bridgehead atoms. The van der Waals surface area contributed by atoms with E-state index in [-0.39, 0.29) is 5.11 Å². The zero-order valence-corrected chi connectivity index (χ0v) is 9.66. The summed E-state index contributed by atoms with van der Waals surface area (Å²) in [4.78, 5) is 0. The highest BCUT2D eigenvalue weighted by Crippen LogP contribution is 2.16. The largest absolute Gasteiger partial charge is 0.497 e. The van der Waals surface area contributed by atoms with Gasteiger partial charge in [-0.05, 0) is 36.5 Å². The normalized spacial score (nSPS) is 10.1. The molecule has 0 aromatic heterocycles. The molecular formula is C10H13N3O2S. The summed E-state index contributed by atoms with van der Waals surface area (Å²) in [6.45, 7) is 0.335. The summed E-state index contributed by atoms with van der Waals surface area (Å²) in [7, 11) is 1.61. The molecule has 0 heterocycles. The summed E-state index contributed by atoms with van der Waals surface area (Å²) < 4.78 is 10.4. The first-order valence-electron chi connectivity index (χ1n) is 4.56. The molecule has 1 aromatic rings. The number of hydrazone groups is 1. The first-order chi connectivity index (χ1) is 7.72. The topological polar surface area (TPSA) is 68.9 Å². The monoisotopic (exact) mass is 239 g/mol. The van der Waals surface area contributed by atoms with Crippen LogP contribution < -0.4 is 20.6 Å². The minimum atomic E-state index is 0.126. The van der Waals surface area contributed by atoms with Gasteiger partial charge in [-0.2, -0.15) is 5.10 Å². The van der Waals surface area contributed by atoms with Crippen LogP contribution in [-0.4, -0.2) is 25.0 Å². The van der Waals surface area contributed by atoms with E-state index >= 15 is 0 Å². The van der Waals surface area contributed by atoms with Gasteiger partial charge in [0.2, 0.25) is 0 Å². The first kappa shape index (κ1) is 12.3. The van der Waals surface area contributed by atoms with Gasteiger partial charge in [0.25, 0.3) is 0 Å². The summed E-state index contributed by atoms with van der Waals surface area (Å²) in [5, 5.41) is 3.85. The molecule has 0 spiro atoms. The van der Waals surface area contributed by atoms with Gasteiger partial charge in [-0.3, -0.25) is 5.43 Å². The number of benzene rings is 1. The maximum absolute atomic E-state index is 5.36. The molecule has 0 fully saturated rings. The molecule has 0 saturated heterocycles. The molecule has 0 unspecified atom stereocenters. The Labute approximate surface area is 99.2 Å². The van der Waals surface area contributed by atoms with Gasteiger partial charge in [-0.25, -0.2) is 0 Å². The molecule has 1 rings (SSSR count). The van der Waals surface area contributed by atoms with Gasteiger partial charge in [0.15, 0.2) is 5.11 Å². The minimum absolute atomic E-state index is 0.126. The molecule has 0 atom stereocenters. The summed E-state index contributed by atoms with van der Waals surface area (Å²) >= 11 is 4.56. The van der Waals surface area contributed by atoms with Gasteiger partial charge in [0.05, 0.1) is 13.3 Å². The Morgan fingerprint density at radius 2 is 2.06 bits per heavy atom. The standard InChI is InChI=1S/C10H13N3O2S/c1-14-8-2-4-9(5-3-8)15-7-6-12-13-10(11)16/h2-6H,7H2,1H3,(H3,11,13,16)/b12-6-. The molecule has 6 heteroatoms. The van der Waals surface area contributed by atoms with Crippen LogP contribution in [0.25, 0.3) is 0 Å². The predicted octanol–water partition coefficient (Wildman–Crippen LogP) is 0.893. The van der Waals surface area contributed by atoms with Gasteiger partial charge in [-0.15, -0.1) is 0 Å². The molecule has 0 amide bonds. The predicted molar refractivity (Wildman–Crippen MR) is 66.9 cm³/mol. The van der Waals surface area contributed by atoms with Crippen molar-refractivity contribution in [2.24, 2.45) is 10.8 Å². The lowest BCUT2D eigenvalue weighted by Crippen LogP contribution is -2.24. The Morgan fingerprint density at radius 1 is 1.44 bits per heavy atom. The van der Waals surface area contributed by atoms with Crippen LogP contribution >= 0.6 is 12.2 Å².